The topological polar surface area (TPSA) is 58.9 Å². The summed E-state index contributed by atoms with van der Waals surface area (Å²) >= 11 is 0. The number of hydrogen-bond acceptors (Lipinski definition) is 4. The fourth-order valence-corrected chi connectivity index (χ4v) is 5.14. The molecule has 140 valence electrons. The third kappa shape index (κ3) is 7.26. The van der Waals surface area contributed by atoms with Crippen molar-refractivity contribution < 1.29 is 9.59 Å². The normalized spacial score (nSPS) is 20.7. The zero-order valence-corrected chi connectivity index (χ0v) is 15.6. The van der Waals surface area contributed by atoms with E-state index in [4.69, 9.17) is 0 Å². The minimum absolute atomic E-state index is 0.567. The molecule has 25 heavy (non-hydrogen) atoms. The lowest BCUT2D eigenvalue weighted by Gasteiger charge is -2.38. The van der Waals surface area contributed by atoms with Crippen LogP contribution in [0.4, 0.5) is 0 Å². The van der Waals surface area contributed by atoms with Gasteiger partial charge in [0, 0.05) is 0 Å². The van der Waals surface area contributed by atoms with Crippen LogP contribution in [-0.2, 0) is 9.59 Å². The van der Waals surface area contributed by atoms with Crippen LogP contribution in [0.5, 0.6) is 0 Å². The van der Waals surface area contributed by atoms with Gasteiger partial charge in [0.15, 0.2) is 6.17 Å². The van der Waals surface area contributed by atoms with E-state index in [1.54, 1.807) is 0 Å². The summed E-state index contributed by atoms with van der Waals surface area (Å²) in [4.78, 5) is 27.8. The van der Waals surface area contributed by atoms with E-state index < -0.39 is 6.17 Å². The summed E-state index contributed by atoms with van der Waals surface area (Å²) < 4.78 is 0. The van der Waals surface area contributed by atoms with Crippen LogP contribution in [0.1, 0.15) is 96.3 Å². The van der Waals surface area contributed by atoms with Gasteiger partial charge in [-0.05, 0) is 37.0 Å². The van der Waals surface area contributed by atoms with E-state index in [1.807, 2.05) is 0 Å². The predicted octanol–water partition coefficient (Wildman–Crippen LogP) is 5.71. The Balaban J connectivity index is 1.76. The van der Waals surface area contributed by atoms with E-state index in [1.165, 1.54) is 89.2 Å². The van der Waals surface area contributed by atoms with Crippen LogP contribution in [0, 0.1) is 17.8 Å². The zero-order chi connectivity index (χ0) is 17.7. The molecule has 0 heterocycles. The highest BCUT2D eigenvalue weighted by molar-refractivity contribution is 5.36. The van der Waals surface area contributed by atoms with Crippen LogP contribution in [0.15, 0.2) is 9.98 Å². The molecule has 0 bridgehead atoms. The van der Waals surface area contributed by atoms with Crippen molar-refractivity contribution in [2.24, 2.45) is 27.7 Å². The summed E-state index contributed by atoms with van der Waals surface area (Å²) in [7, 11) is 0. The second-order valence-electron chi connectivity index (χ2n) is 8.02. The molecule has 4 heteroatoms. The molecule has 4 nitrogen and oxygen atoms in total. The van der Waals surface area contributed by atoms with Crippen LogP contribution >= 0.6 is 0 Å². The minimum atomic E-state index is -0.567. The van der Waals surface area contributed by atoms with Gasteiger partial charge in [-0.1, -0.05) is 77.0 Å². The molecule has 0 amide bonds. The lowest BCUT2D eigenvalue weighted by molar-refractivity contribution is 0.131. The van der Waals surface area contributed by atoms with E-state index in [9.17, 15) is 9.59 Å². The van der Waals surface area contributed by atoms with Gasteiger partial charge in [-0.2, -0.15) is 9.98 Å². The summed E-state index contributed by atoms with van der Waals surface area (Å²) in [5.41, 5.74) is 0. The van der Waals surface area contributed by atoms with Crippen LogP contribution < -0.4 is 0 Å². The first-order valence-electron chi connectivity index (χ1n) is 10.5. The molecule has 2 fully saturated rings. The zero-order valence-electron chi connectivity index (χ0n) is 15.6. The highest BCUT2D eigenvalue weighted by Gasteiger charge is 2.30. The molecule has 2 aliphatic rings. The fraction of sp³-hybridized carbons (Fsp3) is 0.905. The van der Waals surface area contributed by atoms with Gasteiger partial charge in [0.1, 0.15) is 0 Å². The molecule has 0 aliphatic heterocycles. The van der Waals surface area contributed by atoms with Crippen LogP contribution in [0.25, 0.3) is 0 Å². The molecule has 0 aromatic heterocycles. The Bertz CT molecular complexity index is 419. The molecular weight excluding hydrogens is 312 g/mol. The van der Waals surface area contributed by atoms with Crippen LogP contribution in [0.2, 0.25) is 0 Å². The molecule has 2 saturated carbocycles. The van der Waals surface area contributed by atoms with E-state index in [-0.39, 0.29) is 0 Å². The molecule has 2 aliphatic carbocycles. The first-order valence-corrected chi connectivity index (χ1v) is 10.5. The van der Waals surface area contributed by atoms with Crippen molar-refractivity contribution in [3.8, 4) is 0 Å². The number of carbonyl (C=O) groups excluding carboxylic acids is 2. The number of hydrogen-bond donors (Lipinski definition) is 0. The molecule has 2 rings (SSSR count). The summed E-state index contributed by atoms with van der Waals surface area (Å²) in [5, 5.41) is 0. The van der Waals surface area contributed by atoms with Crippen molar-refractivity contribution in [2.45, 2.75) is 102 Å². The first kappa shape index (κ1) is 20.1. The van der Waals surface area contributed by atoms with Crippen molar-refractivity contribution >= 4 is 12.2 Å². The van der Waals surface area contributed by atoms with Crippen molar-refractivity contribution in [1.82, 2.24) is 0 Å². The van der Waals surface area contributed by atoms with E-state index in [0.29, 0.717) is 6.42 Å². The van der Waals surface area contributed by atoms with Crippen LogP contribution in [0.3, 0.4) is 0 Å². The second-order valence-corrected chi connectivity index (χ2v) is 8.02. The van der Waals surface area contributed by atoms with Gasteiger partial charge >= 0.3 is 0 Å². The first-order chi connectivity index (χ1) is 12.3. The smallest absolute Gasteiger partial charge is 0.211 e. The highest BCUT2D eigenvalue weighted by atomic mass is 16.1. The highest BCUT2D eigenvalue weighted by Crippen LogP contribution is 2.42. The van der Waals surface area contributed by atoms with E-state index >= 15 is 0 Å². The summed E-state index contributed by atoms with van der Waals surface area (Å²) in [6, 6.07) is 0. The Labute approximate surface area is 152 Å². The average molecular weight is 347 g/mol. The standard InChI is InChI=1S/C21H34N2O2/c24-16-22-21(23-17-25)15-9-3-8-14-20(18-10-4-1-5-11-18)19-12-6-2-7-13-19/h18-21H,1-15H2. The number of unbranched alkanes of at least 4 members (excludes halogenated alkanes) is 2. The SMILES string of the molecule is O=C=NC(CCCCCC(C1CCCCC1)C1CCCCC1)N=C=O. The van der Waals surface area contributed by atoms with E-state index in [0.717, 1.165) is 30.6 Å². The molecule has 0 aromatic carbocycles. The van der Waals surface area contributed by atoms with Gasteiger partial charge in [0.25, 0.3) is 0 Å². The molecule has 0 saturated heterocycles. The fourth-order valence-electron chi connectivity index (χ4n) is 5.14. The molecule has 0 atom stereocenters. The van der Waals surface area contributed by atoms with Crippen molar-refractivity contribution in [1.29, 1.82) is 0 Å². The predicted molar refractivity (Wildman–Crippen MR) is 99.8 cm³/mol. The Morgan fingerprint density at radius 2 is 1.16 bits per heavy atom. The van der Waals surface area contributed by atoms with Crippen molar-refractivity contribution in [3.63, 3.8) is 0 Å². The molecular formula is C21H34N2O2. The second kappa shape index (κ2) is 12.2. The third-order valence-corrected chi connectivity index (χ3v) is 6.41. The van der Waals surface area contributed by atoms with Gasteiger partial charge in [-0.25, -0.2) is 9.59 Å². The molecule has 0 N–H and O–H groups in total. The quantitative estimate of drug-likeness (QED) is 0.289. The van der Waals surface area contributed by atoms with Crippen molar-refractivity contribution in [3.05, 3.63) is 0 Å². The Morgan fingerprint density at radius 1 is 0.680 bits per heavy atom. The Hall–Kier alpha value is -1.24. The molecule has 0 unspecified atom stereocenters. The number of isocyanates is 2. The maximum atomic E-state index is 10.3. The lowest BCUT2D eigenvalue weighted by atomic mass is 9.68. The number of aliphatic imine (C=N–C) groups is 2. The van der Waals surface area contributed by atoms with Gasteiger partial charge in [-0.3, -0.25) is 0 Å². The largest absolute Gasteiger partial charge is 0.237 e. The monoisotopic (exact) mass is 346 g/mol. The van der Waals surface area contributed by atoms with Gasteiger partial charge in [0.05, 0.1) is 0 Å². The van der Waals surface area contributed by atoms with Gasteiger partial charge < -0.3 is 0 Å². The Morgan fingerprint density at radius 3 is 1.64 bits per heavy atom. The van der Waals surface area contributed by atoms with Gasteiger partial charge in [0.2, 0.25) is 12.2 Å². The lowest BCUT2D eigenvalue weighted by Crippen LogP contribution is -2.27. The van der Waals surface area contributed by atoms with Gasteiger partial charge in [-0.15, -0.1) is 0 Å². The van der Waals surface area contributed by atoms with Crippen molar-refractivity contribution in [2.75, 3.05) is 0 Å². The number of rotatable bonds is 10. The maximum absolute atomic E-state index is 10.3. The summed E-state index contributed by atoms with van der Waals surface area (Å²) in [6.07, 6.45) is 22.2. The maximum Gasteiger partial charge on any atom is 0.237 e. The molecule has 0 spiro atoms. The number of nitrogens with zero attached hydrogens (tertiary/aromatic N) is 2. The summed E-state index contributed by atoms with van der Waals surface area (Å²) in [5.74, 6) is 2.85. The van der Waals surface area contributed by atoms with Crippen LogP contribution in [-0.4, -0.2) is 18.3 Å². The molecule has 0 aromatic rings. The third-order valence-electron chi connectivity index (χ3n) is 6.41. The minimum Gasteiger partial charge on any atom is -0.211 e. The Kier molecular flexibility index (Phi) is 9.77. The molecule has 0 radical (unpaired) electrons. The van der Waals surface area contributed by atoms with E-state index in [2.05, 4.69) is 9.98 Å². The average Bonchev–Trinajstić information content (AvgIpc) is 2.66. The summed E-state index contributed by atoms with van der Waals surface area (Å²) in [6.45, 7) is 0.